The van der Waals surface area contributed by atoms with Crippen molar-refractivity contribution in [2.45, 2.75) is 116 Å². The lowest BCUT2D eigenvalue weighted by Crippen LogP contribution is -2.52. The number of alkyl carbamates (subject to hydrolysis) is 2. The molecule has 1 aromatic carbocycles. The van der Waals surface area contributed by atoms with Gasteiger partial charge in [-0.2, -0.15) is 0 Å². The summed E-state index contributed by atoms with van der Waals surface area (Å²) in [7, 11) is 6.39. The van der Waals surface area contributed by atoms with E-state index in [1.165, 1.54) is 14.1 Å². The summed E-state index contributed by atoms with van der Waals surface area (Å²) in [4.78, 5) is 83.4. The number of aromatic nitrogens is 3. The maximum absolute atomic E-state index is 12.7. The number of unbranched alkanes of at least 4 members (excludes halogenated alkanes) is 2. The van der Waals surface area contributed by atoms with Crippen LogP contribution in [0.1, 0.15) is 107 Å². The number of likely N-dealkylation sites (N-methyl/N-ethyl adjacent to an activating group) is 1. The topological polar surface area (TPSA) is 319 Å². The molecule has 10 N–H and O–H groups in total. The standard InChI is InChI=1S/C30H48N8O5.C18H36N4O7/c1-5-32-26(16-21(2)3)30(42)35-25(28(31)40)12-6-7-14-33-29(41)23-11-8-10-22(17-23)19-38-20-24(36-37-38)18-34-27(39)13-9-15-43-4;1-19-8-4-5-10-26-12-9-22-16(23)7-6-11-27-15(13-28-17(24)20-2)14-29-18(25)21-3/h8,10-11,17,20-21,25-26,32H,5-7,9,12-16,18-19H2,1-4H3,(H2,31,40)(H,33,41)(H,34,39)(H,35,42);15,19H,4-14H2,1-3H3,(H,20,24)(H,21,25)(H,22,23)/t25-,26-;/m0./s1. The number of carbonyl (C=O) groups excluding carboxylic acids is 7. The van der Waals surface area contributed by atoms with Crippen LogP contribution in [0.15, 0.2) is 30.5 Å². The van der Waals surface area contributed by atoms with Crippen LogP contribution in [0.5, 0.6) is 0 Å². The van der Waals surface area contributed by atoms with Gasteiger partial charge in [-0.1, -0.05) is 38.1 Å². The van der Waals surface area contributed by atoms with Crippen molar-refractivity contribution < 1.29 is 57.2 Å². The molecule has 24 nitrogen and oxygen atoms in total. The summed E-state index contributed by atoms with van der Waals surface area (Å²) in [5.74, 6) is -0.846. The number of nitrogens with one attached hydrogen (secondary N) is 8. The second kappa shape index (κ2) is 40.6. The molecule has 7 amide bonds. The molecule has 2 rings (SSSR count). The SMILES string of the molecule is CCN[C@@H](CC(C)C)C(=O)N[C@@H](CCCCNC(=O)c1cccc(Cn2cc(CNC(=O)CCCOC)nn2)c1)C(N)=O.CNCCCCOCCNC(=O)CCCOC(COC(=O)NC)COC(=O)NC. The molecule has 0 radical (unpaired) electrons. The average molecular weight is 1020 g/mol. The molecule has 0 fully saturated rings. The van der Waals surface area contributed by atoms with Crippen LogP contribution < -0.4 is 48.3 Å². The molecule has 0 spiro atoms. The van der Waals surface area contributed by atoms with Crippen molar-refractivity contribution in [2.75, 3.05) is 94.1 Å². The van der Waals surface area contributed by atoms with Crippen LogP contribution in [0.4, 0.5) is 9.59 Å². The average Bonchev–Trinajstić information content (AvgIpc) is 3.81. The van der Waals surface area contributed by atoms with Crippen molar-refractivity contribution in [3.63, 3.8) is 0 Å². The number of methoxy groups -OCH3 is 1. The highest BCUT2D eigenvalue weighted by atomic mass is 16.6. The molecule has 2 atom stereocenters. The molecular weight excluding hydrogens is 937 g/mol. The van der Waals surface area contributed by atoms with Gasteiger partial charge in [0.05, 0.1) is 31.9 Å². The van der Waals surface area contributed by atoms with Gasteiger partial charge in [0.2, 0.25) is 23.6 Å². The van der Waals surface area contributed by atoms with E-state index in [1.807, 2.05) is 40.0 Å². The highest BCUT2D eigenvalue weighted by Crippen LogP contribution is 2.10. The lowest BCUT2D eigenvalue weighted by atomic mass is 10.0. The fourth-order valence-corrected chi connectivity index (χ4v) is 6.55. The molecule has 72 heavy (non-hydrogen) atoms. The Morgan fingerprint density at radius 2 is 1.44 bits per heavy atom. The van der Waals surface area contributed by atoms with Gasteiger partial charge in [-0.05, 0) is 95.1 Å². The Bertz CT molecular complexity index is 1830. The van der Waals surface area contributed by atoms with Crippen LogP contribution in [-0.4, -0.2) is 169 Å². The monoisotopic (exact) mass is 1020 g/mol. The first-order valence-electron chi connectivity index (χ1n) is 24.8. The van der Waals surface area contributed by atoms with Crippen molar-refractivity contribution >= 4 is 41.7 Å². The smallest absolute Gasteiger partial charge is 0.406 e. The van der Waals surface area contributed by atoms with Gasteiger partial charge in [-0.15, -0.1) is 5.10 Å². The Morgan fingerprint density at radius 3 is 2.08 bits per heavy atom. The molecule has 408 valence electrons. The van der Waals surface area contributed by atoms with E-state index >= 15 is 0 Å². The number of carbonyl (C=O) groups is 7. The predicted octanol–water partition coefficient (Wildman–Crippen LogP) is 1.26. The number of ether oxygens (including phenoxy) is 5. The first-order valence-corrected chi connectivity index (χ1v) is 24.8. The van der Waals surface area contributed by atoms with E-state index in [2.05, 4.69) is 52.8 Å². The molecule has 1 heterocycles. The van der Waals surface area contributed by atoms with E-state index in [1.54, 1.807) is 30.1 Å². The molecule has 0 aliphatic rings. The number of rotatable bonds is 38. The van der Waals surface area contributed by atoms with E-state index in [9.17, 15) is 33.6 Å². The Hall–Kier alpha value is -5.95. The normalized spacial score (nSPS) is 11.7. The minimum atomic E-state index is -0.761. The van der Waals surface area contributed by atoms with Crippen LogP contribution in [0, 0.1) is 5.92 Å². The number of hydrogen-bond acceptors (Lipinski definition) is 16. The van der Waals surface area contributed by atoms with Gasteiger partial charge in [0, 0.05) is 72.5 Å². The first kappa shape index (κ1) is 64.1. The Labute approximate surface area is 424 Å². The van der Waals surface area contributed by atoms with Crippen molar-refractivity contribution in [1.29, 1.82) is 0 Å². The van der Waals surface area contributed by atoms with Crippen LogP contribution in [0.3, 0.4) is 0 Å². The van der Waals surface area contributed by atoms with Gasteiger partial charge >= 0.3 is 12.2 Å². The summed E-state index contributed by atoms with van der Waals surface area (Å²) in [6.07, 6.45) is 6.07. The van der Waals surface area contributed by atoms with Gasteiger partial charge in [0.25, 0.3) is 5.91 Å². The van der Waals surface area contributed by atoms with E-state index in [4.69, 9.17) is 29.4 Å². The van der Waals surface area contributed by atoms with Gasteiger partial charge < -0.3 is 72.0 Å². The lowest BCUT2D eigenvalue weighted by Gasteiger charge is -2.22. The molecule has 0 bridgehead atoms. The third-order valence-corrected chi connectivity index (χ3v) is 10.3. The van der Waals surface area contributed by atoms with Gasteiger partial charge in [0.1, 0.15) is 31.1 Å². The zero-order valence-electron chi connectivity index (χ0n) is 43.6. The zero-order valence-corrected chi connectivity index (χ0v) is 43.6. The third kappa shape index (κ3) is 32.1. The molecule has 0 saturated carbocycles. The largest absolute Gasteiger partial charge is 0.447 e. The maximum Gasteiger partial charge on any atom is 0.406 e. The first-order chi connectivity index (χ1) is 34.6. The predicted molar refractivity (Wildman–Crippen MR) is 270 cm³/mol. The van der Waals surface area contributed by atoms with Crippen LogP contribution in [-0.2, 0) is 56.0 Å². The molecule has 24 heteroatoms. The zero-order chi connectivity index (χ0) is 53.4. The molecule has 2 aromatic rings. The van der Waals surface area contributed by atoms with Crippen molar-refractivity contribution in [2.24, 2.45) is 11.7 Å². The second-order valence-electron chi connectivity index (χ2n) is 17.0. The number of nitrogens with two attached hydrogens (primary N) is 1. The number of nitrogens with zero attached hydrogens (tertiary/aromatic N) is 3. The fourth-order valence-electron chi connectivity index (χ4n) is 6.55. The second-order valence-corrected chi connectivity index (χ2v) is 17.0. The van der Waals surface area contributed by atoms with Crippen molar-refractivity contribution in [3.05, 3.63) is 47.3 Å². The van der Waals surface area contributed by atoms with Crippen molar-refractivity contribution in [1.82, 2.24) is 57.5 Å². The number of primary amides is 1. The Balaban J connectivity index is 0.000000781. The lowest BCUT2D eigenvalue weighted by molar-refractivity contribution is -0.129. The highest BCUT2D eigenvalue weighted by molar-refractivity contribution is 5.94. The summed E-state index contributed by atoms with van der Waals surface area (Å²) in [6.45, 7) is 11.0. The quantitative estimate of drug-likeness (QED) is 0.0428. The van der Waals surface area contributed by atoms with Crippen LogP contribution >= 0.6 is 0 Å². The molecule has 0 aliphatic carbocycles. The Kier molecular flexibility index (Phi) is 36.1. The number of benzene rings is 1. The summed E-state index contributed by atoms with van der Waals surface area (Å²) in [6, 6.07) is 6.10. The number of hydrogen-bond donors (Lipinski definition) is 9. The van der Waals surface area contributed by atoms with E-state index in [0.29, 0.717) is 115 Å². The highest BCUT2D eigenvalue weighted by Gasteiger charge is 2.24. The molecule has 1 aromatic heterocycles. The molecule has 0 aliphatic heterocycles. The van der Waals surface area contributed by atoms with Crippen LogP contribution in [0.2, 0.25) is 0 Å². The van der Waals surface area contributed by atoms with Crippen molar-refractivity contribution in [3.8, 4) is 0 Å². The molecule has 0 saturated heterocycles. The third-order valence-electron chi connectivity index (χ3n) is 10.3. The van der Waals surface area contributed by atoms with E-state index < -0.39 is 30.2 Å². The summed E-state index contributed by atoms with van der Waals surface area (Å²) >= 11 is 0. The summed E-state index contributed by atoms with van der Waals surface area (Å²) in [5, 5.41) is 30.4. The van der Waals surface area contributed by atoms with Gasteiger partial charge in [-0.3, -0.25) is 24.0 Å². The maximum atomic E-state index is 12.7. The number of amides is 7. The minimum absolute atomic E-state index is 0.0695. The Morgan fingerprint density at radius 1 is 0.764 bits per heavy atom. The van der Waals surface area contributed by atoms with E-state index in [-0.39, 0.29) is 56.0 Å². The van der Waals surface area contributed by atoms with Gasteiger partial charge in [0.15, 0.2) is 0 Å². The van der Waals surface area contributed by atoms with Gasteiger partial charge in [-0.25, -0.2) is 14.3 Å². The molecular formula is C48H84N12O12. The minimum Gasteiger partial charge on any atom is -0.447 e. The summed E-state index contributed by atoms with van der Waals surface area (Å²) < 4.78 is 27.4. The summed E-state index contributed by atoms with van der Waals surface area (Å²) in [5.41, 5.74) is 7.57. The van der Waals surface area contributed by atoms with Crippen LogP contribution in [0.25, 0.3) is 0 Å². The molecule has 0 unspecified atom stereocenters. The van der Waals surface area contributed by atoms with E-state index in [0.717, 1.165) is 24.9 Å². The fraction of sp³-hybridized carbons (Fsp3) is 0.688.